The summed E-state index contributed by atoms with van der Waals surface area (Å²) in [6, 6.07) is 9.27. The third kappa shape index (κ3) is 2.41. The van der Waals surface area contributed by atoms with Crippen molar-refractivity contribution in [1.82, 2.24) is 5.32 Å². The van der Waals surface area contributed by atoms with Gasteiger partial charge in [0.1, 0.15) is 0 Å². The van der Waals surface area contributed by atoms with E-state index in [1.807, 2.05) is 0 Å². The first-order chi connectivity index (χ1) is 9.76. The first-order valence-electron chi connectivity index (χ1n) is 8.53. The molecule has 1 saturated heterocycles. The zero-order chi connectivity index (χ0) is 14.0. The molecule has 0 bridgehead atoms. The molecular formula is C19H29N. The first kappa shape index (κ1) is 14.1. The second-order valence-corrected chi connectivity index (χ2v) is 7.00. The molecule has 1 aromatic carbocycles. The second-order valence-electron chi connectivity index (χ2n) is 7.00. The highest BCUT2D eigenvalue weighted by Crippen LogP contribution is 2.55. The van der Waals surface area contributed by atoms with Crippen LogP contribution in [-0.2, 0) is 0 Å². The largest absolute Gasteiger partial charge is 0.316 e. The van der Waals surface area contributed by atoms with Crippen LogP contribution in [0.25, 0.3) is 0 Å². The summed E-state index contributed by atoms with van der Waals surface area (Å²) in [7, 11) is 0. The van der Waals surface area contributed by atoms with Crippen LogP contribution in [0.1, 0.15) is 62.5 Å². The van der Waals surface area contributed by atoms with Gasteiger partial charge < -0.3 is 5.32 Å². The molecule has 1 spiro atoms. The number of rotatable bonds is 2. The zero-order valence-electron chi connectivity index (χ0n) is 13.1. The fourth-order valence-corrected chi connectivity index (χ4v) is 5.02. The first-order valence-corrected chi connectivity index (χ1v) is 8.53. The fourth-order valence-electron chi connectivity index (χ4n) is 5.02. The molecule has 20 heavy (non-hydrogen) atoms. The lowest BCUT2D eigenvalue weighted by atomic mass is 9.55. The Labute approximate surface area is 124 Å². The van der Waals surface area contributed by atoms with Gasteiger partial charge in [-0.1, -0.05) is 56.0 Å². The summed E-state index contributed by atoms with van der Waals surface area (Å²) in [6.45, 7) is 7.04. The smallest absolute Gasteiger partial charge is 0.00256 e. The topological polar surface area (TPSA) is 12.0 Å². The summed E-state index contributed by atoms with van der Waals surface area (Å²) in [5, 5.41) is 3.67. The lowest BCUT2D eigenvalue weighted by Gasteiger charge is -2.52. The highest BCUT2D eigenvalue weighted by atomic mass is 14.9. The lowest BCUT2D eigenvalue weighted by Crippen LogP contribution is -2.49. The van der Waals surface area contributed by atoms with Crippen molar-refractivity contribution < 1.29 is 0 Å². The monoisotopic (exact) mass is 271 g/mol. The van der Waals surface area contributed by atoms with Crippen molar-refractivity contribution in [3.05, 3.63) is 35.4 Å². The quantitative estimate of drug-likeness (QED) is 0.825. The third-order valence-electron chi connectivity index (χ3n) is 6.00. The van der Waals surface area contributed by atoms with Crippen LogP contribution in [-0.4, -0.2) is 13.1 Å². The predicted molar refractivity (Wildman–Crippen MR) is 86.1 cm³/mol. The average Bonchev–Trinajstić information content (AvgIpc) is 2.48. The van der Waals surface area contributed by atoms with Crippen molar-refractivity contribution in [2.45, 2.75) is 58.3 Å². The van der Waals surface area contributed by atoms with E-state index < -0.39 is 0 Å². The Morgan fingerprint density at radius 3 is 2.95 bits per heavy atom. The van der Waals surface area contributed by atoms with Gasteiger partial charge in [-0.05, 0) is 49.6 Å². The molecule has 0 radical (unpaired) electrons. The number of nitrogens with one attached hydrogen (secondary N) is 1. The maximum absolute atomic E-state index is 3.67. The molecule has 110 valence electrons. The lowest BCUT2D eigenvalue weighted by molar-refractivity contribution is 0.0292. The minimum Gasteiger partial charge on any atom is -0.316 e. The fraction of sp³-hybridized carbons (Fsp3) is 0.684. The Kier molecular flexibility index (Phi) is 4.16. The van der Waals surface area contributed by atoms with Crippen molar-refractivity contribution in [3.63, 3.8) is 0 Å². The maximum Gasteiger partial charge on any atom is 0.00256 e. The standard InChI is InChI=1S/C19H29N/c1-3-17-9-4-5-10-19(17)11-12-20-14-18(19)16-8-6-7-15(2)13-16/h6-8,13,17-18,20H,3-5,9-12,14H2,1-2H3. The van der Waals surface area contributed by atoms with E-state index in [0.717, 1.165) is 11.8 Å². The Hall–Kier alpha value is -0.820. The van der Waals surface area contributed by atoms with E-state index in [0.29, 0.717) is 5.41 Å². The molecular weight excluding hydrogens is 242 g/mol. The summed E-state index contributed by atoms with van der Waals surface area (Å²) >= 11 is 0. The number of aryl methyl sites for hydroxylation is 1. The molecule has 0 amide bonds. The number of hydrogen-bond acceptors (Lipinski definition) is 1. The molecule has 1 heterocycles. The molecule has 3 rings (SSSR count). The van der Waals surface area contributed by atoms with E-state index in [1.165, 1.54) is 57.2 Å². The minimum atomic E-state index is 0.575. The normalized spacial score (nSPS) is 34.3. The van der Waals surface area contributed by atoms with Gasteiger partial charge in [-0.3, -0.25) is 0 Å². The number of hydrogen-bond donors (Lipinski definition) is 1. The van der Waals surface area contributed by atoms with Crippen molar-refractivity contribution in [3.8, 4) is 0 Å². The number of benzene rings is 1. The van der Waals surface area contributed by atoms with Gasteiger partial charge in [-0.25, -0.2) is 0 Å². The molecule has 1 N–H and O–H groups in total. The highest BCUT2D eigenvalue weighted by Gasteiger charge is 2.47. The molecule has 1 nitrogen and oxygen atoms in total. The van der Waals surface area contributed by atoms with E-state index in [4.69, 9.17) is 0 Å². The third-order valence-corrected chi connectivity index (χ3v) is 6.00. The van der Waals surface area contributed by atoms with Crippen LogP contribution >= 0.6 is 0 Å². The molecule has 0 aromatic heterocycles. The Morgan fingerprint density at radius 2 is 2.15 bits per heavy atom. The molecule has 1 heteroatoms. The van der Waals surface area contributed by atoms with E-state index >= 15 is 0 Å². The second kappa shape index (κ2) is 5.89. The van der Waals surface area contributed by atoms with Crippen molar-refractivity contribution >= 4 is 0 Å². The van der Waals surface area contributed by atoms with Gasteiger partial charge in [0.15, 0.2) is 0 Å². The summed E-state index contributed by atoms with van der Waals surface area (Å²) in [4.78, 5) is 0. The van der Waals surface area contributed by atoms with Gasteiger partial charge >= 0.3 is 0 Å². The molecule has 1 aliphatic carbocycles. The van der Waals surface area contributed by atoms with Crippen molar-refractivity contribution in [2.24, 2.45) is 11.3 Å². The van der Waals surface area contributed by atoms with E-state index in [9.17, 15) is 0 Å². The van der Waals surface area contributed by atoms with Crippen LogP contribution in [0.3, 0.4) is 0 Å². The molecule has 3 atom stereocenters. The van der Waals surface area contributed by atoms with Crippen molar-refractivity contribution in [2.75, 3.05) is 13.1 Å². The Morgan fingerprint density at radius 1 is 1.25 bits per heavy atom. The molecule has 1 saturated carbocycles. The minimum absolute atomic E-state index is 0.575. The van der Waals surface area contributed by atoms with Gasteiger partial charge in [-0.2, -0.15) is 0 Å². The zero-order valence-corrected chi connectivity index (χ0v) is 13.1. The van der Waals surface area contributed by atoms with Crippen molar-refractivity contribution in [1.29, 1.82) is 0 Å². The van der Waals surface area contributed by atoms with Crippen LogP contribution < -0.4 is 5.32 Å². The van der Waals surface area contributed by atoms with Gasteiger partial charge in [0, 0.05) is 12.5 Å². The summed E-state index contributed by atoms with van der Waals surface area (Å²) < 4.78 is 0. The number of piperidine rings is 1. The molecule has 2 aliphatic rings. The van der Waals surface area contributed by atoms with Gasteiger partial charge in [0.05, 0.1) is 0 Å². The Balaban J connectivity index is 1.97. The maximum atomic E-state index is 3.67. The Bertz CT molecular complexity index is 447. The molecule has 2 fully saturated rings. The van der Waals surface area contributed by atoms with Crippen LogP contribution in [0.15, 0.2) is 24.3 Å². The predicted octanol–water partition coefficient (Wildman–Crippen LogP) is 4.66. The van der Waals surface area contributed by atoms with Crippen LogP contribution in [0.5, 0.6) is 0 Å². The SMILES string of the molecule is CCC1CCCCC12CCNCC2c1cccc(C)c1. The molecule has 1 aromatic rings. The van der Waals surface area contributed by atoms with Gasteiger partial charge in [-0.15, -0.1) is 0 Å². The van der Waals surface area contributed by atoms with Crippen LogP contribution in [0.4, 0.5) is 0 Å². The van der Waals surface area contributed by atoms with E-state index in [1.54, 1.807) is 5.56 Å². The van der Waals surface area contributed by atoms with E-state index in [2.05, 4.69) is 43.4 Å². The molecule has 1 aliphatic heterocycles. The van der Waals surface area contributed by atoms with Gasteiger partial charge in [0.25, 0.3) is 0 Å². The van der Waals surface area contributed by atoms with Crippen LogP contribution in [0, 0.1) is 18.3 Å². The van der Waals surface area contributed by atoms with Crippen LogP contribution in [0.2, 0.25) is 0 Å². The average molecular weight is 271 g/mol. The summed E-state index contributed by atoms with van der Waals surface area (Å²) in [5.74, 6) is 1.66. The molecule has 3 unspecified atom stereocenters. The van der Waals surface area contributed by atoms with Gasteiger partial charge in [0.2, 0.25) is 0 Å². The summed E-state index contributed by atoms with van der Waals surface area (Å²) in [6.07, 6.45) is 8.55. The highest BCUT2D eigenvalue weighted by molar-refractivity contribution is 5.29. The van der Waals surface area contributed by atoms with E-state index in [-0.39, 0.29) is 0 Å². The summed E-state index contributed by atoms with van der Waals surface area (Å²) in [5.41, 5.74) is 3.57.